The van der Waals surface area contributed by atoms with Crippen LogP contribution in [0.25, 0.3) is 0 Å². The van der Waals surface area contributed by atoms with Crippen LogP contribution in [-0.2, 0) is 11.8 Å². The van der Waals surface area contributed by atoms with Crippen molar-refractivity contribution in [2.24, 2.45) is 0 Å². The molecular weight excluding hydrogens is 232 g/mol. The molecule has 0 atom stereocenters. The summed E-state index contributed by atoms with van der Waals surface area (Å²) in [6.07, 6.45) is 6.94. The number of hydrogen-bond donors (Lipinski definition) is 1. The van der Waals surface area contributed by atoms with Gasteiger partial charge in [-0.3, -0.25) is 0 Å². The van der Waals surface area contributed by atoms with Crippen LogP contribution in [0.5, 0.6) is 5.75 Å². The second-order valence-corrected chi connectivity index (χ2v) is 6.41. The molecule has 0 spiro atoms. The van der Waals surface area contributed by atoms with Crippen LogP contribution in [0.4, 0.5) is 0 Å². The molecule has 1 nitrogen and oxygen atoms in total. The van der Waals surface area contributed by atoms with E-state index in [2.05, 4.69) is 46.8 Å². The zero-order valence-corrected chi connectivity index (χ0v) is 13.3. The second kappa shape index (κ2) is 6.98. The number of aryl methyl sites for hydroxylation is 2. The molecule has 1 aromatic carbocycles. The number of aromatic hydroxyl groups is 1. The molecule has 108 valence electrons. The fourth-order valence-corrected chi connectivity index (χ4v) is 2.78. The van der Waals surface area contributed by atoms with E-state index in [0.717, 1.165) is 30.4 Å². The Balaban J connectivity index is 3.03. The van der Waals surface area contributed by atoms with E-state index in [1.807, 2.05) is 0 Å². The summed E-state index contributed by atoms with van der Waals surface area (Å²) in [6.45, 7) is 11.0. The van der Waals surface area contributed by atoms with Crippen LogP contribution in [0.2, 0.25) is 0 Å². The molecular formula is C18H30O. The molecule has 0 aliphatic heterocycles. The monoisotopic (exact) mass is 262 g/mol. The number of benzene rings is 1. The summed E-state index contributed by atoms with van der Waals surface area (Å²) in [7, 11) is 0. The van der Waals surface area contributed by atoms with Gasteiger partial charge in [-0.05, 0) is 30.7 Å². The van der Waals surface area contributed by atoms with E-state index >= 15 is 0 Å². The molecule has 1 heteroatoms. The van der Waals surface area contributed by atoms with Crippen LogP contribution in [0.3, 0.4) is 0 Å². The van der Waals surface area contributed by atoms with E-state index in [4.69, 9.17) is 0 Å². The number of phenolic OH excluding ortho intramolecular Hbond substituents is 1. The smallest absolute Gasteiger partial charge is 0.122 e. The Bertz CT molecular complexity index is 404. The van der Waals surface area contributed by atoms with Crippen LogP contribution < -0.4 is 0 Å². The van der Waals surface area contributed by atoms with E-state index in [9.17, 15) is 5.11 Å². The van der Waals surface area contributed by atoms with Gasteiger partial charge in [-0.2, -0.15) is 0 Å². The van der Waals surface area contributed by atoms with Gasteiger partial charge in [-0.25, -0.2) is 0 Å². The van der Waals surface area contributed by atoms with Gasteiger partial charge in [0.1, 0.15) is 5.75 Å². The Hall–Kier alpha value is -0.980. The maximum Gasteiger partial charge on any atom is 0.122 e. The van der Waals surface area contributed by atoms with Crippen LogP contribution in [-0.4, -0.2) is 5.11 Å². The first-order chi connectivity index (χ1) is 8.92. The summed E-state index contributed by atoms with van der Waals surface area (Å²) < 4.78 is 0. The lowest BCUT2D eigenvalue weighted by Crippen LogP contribution is -2.18. The van der Waals surface area contributed by atoms with Gasteiger partial charge in [0.2, 0.25) is 0 Å². The maximum absolute atomic E-state index is 10.5. The SMILES string of the molecule is CCCCCC(C)(C)c1cc(C)cc(CCC)c1O. The van der Waals surface area contributed by atoms with Crippen LogP contribution in [0.15, 0.2) is 12.1 Å². The van der Waals surface area contributed by atoms with Gasteiger partial charge in [0.05, 0.1) is 0 Å². The third-order valence-electron chi connectivity index (χ3n) is 3.99. The first-order valence-corrected chi connectivity index (χ1v) is 7.75. The standard InChI is InChI=1S/C18H30O/c1-6-8-9-11-18(4,5)16-13-14(3)12-15(10-7-2)17(16)19/h12-13,19H,6-11H2,1-5H3. The third kappa shape index (κ3) is 4.26. The van der Waals surface area contributed by atoms with E-state index < -0.39 is 0 Å². The van der Waals surface area contributed by atoms with Crippen molar-refractivity contribution in [3.05, 3.63) is 28.8 Å². The van der Waals surface area contributed by atoms with Crippen LogP contribution >= 0.6 is 0 Å². The quantitative estimate of drug-likeness (QED) is 0.642. The molecule has 0 saturated carbocycles. The molecule has 19 heavy (non-hydrogen) atoms. The van der Waals surface area contributed by atoms with Gasteiger partial charge in [0.15, 0.2) is 0 Å². The number of phenols is 1. The molecule has 0 bridgehead atoms. The van der Waals surface area contributed by atoms with E-state index in [-0.39, 0.29) is 5.41 Å². The average Bonchev–Trinajstić information content (AvgIpc) is 2.33. The minimum absolute atomic E-state index is 0.0633. The summed E-state index contributed by atoms with van der Waals surface area (Å²) in [5.41, 5.74) is 3.57. The van der Waals surface area contributed by atoms with Gasteiger partial charge in [0.25, 0.3) is 0 Å². The van der Waals surface area contributed by atoms with Gasteiger partial charge in [-0.15, -0.1) is 0 Å². The van der Waals surface area contributed by atoms with Crippen molar-refractivity contribution >= 4 is 0 Å². The Labute approximate surface area is 119 Å². The zero-order chi connectivity index (χ0) is 14.5. The molecule has 0 saturated heterocycles. The number of rotatable bonds is 7. The minimum atomic E-state index is 0.0633. The Kier molecular flexibility index (Phi) is 5.90. The first-order valence-electron chi connectivity index (χ1n) is 7.75. The van der Waals surface area contributed by atoms with Gasteiger partial charge in [-0.1, -0.05) is 71.1 Å². The Morgan fingerprint density at radius 1 is 1.05 bits per heavy atom. The summed E-state index contributed by atoms with van der Waals surface area (Å²) in [5.74, 6) is 0.536. The highest BCUT2D eigenvalue weighted by atomic mass is 16.3. The molecule has 0 aliphatic carbocycles. The van der Waals surface area contributed by atoms with E-state index in [1.165, 1.54) is 24.8 Å². The molecule has 0 aromatic heterocycles. The Morgan fingerprint density at radius 3 is 2.32 bits per heavy atom. The third-order valence-corrected chi connectivity index (χ3v) is 3.99. The van der Waals surface area contributed by atoms with Gasteiger partial charge < -0.3 is 5.11 Å². The largest absolute Gasteiger partial charge is 0.507 e. The molecule has 0 unspecified atom stereocenters. The van der Waals surface area contributed by atoms with Crippen molar-refractivity contribution in [2.75, 3.05) is 0 Å². The average molecular weight is 262 g/mol. The zero-order valence-electron chi connectivity index (χ0n) is 13.3. The molecule has 0 aliphatic rings. The molecule has 1 rings (SSSR count). The molecule has 1 aromatic rings. The summed E-state index contributed by atoms with van der Waals surface area (Å²) in [4.78, 5) is 0. The lowest BCUT2D eigenvalue weighted by molar-refractivity contribution is 0.404. The predicted molar refractivity (Wildman–Crippen MR) is 84.0 cm³/mol. The first kappa shape index (κ1) is 16.1. The fourth-order valence-electron chi connectivity index (χ4n) is 2.78. The predicted octanol–water partition coefficient (Wildman–Crippen LogP) is 5.51. The van der Waals surface area contributed by atoms with Gasteiger partial charge in [0, 0.05) is 5.56 Å². The van der Waals surface area contributed by atoms with Crippen molar-refractivity contribution in [1.82, 2.24) is 0 Å². The van der Waals surface area contributed by atoms with Crippen LogP contribution in [0.1, 0.15) is 76.5 Å². The minimum Gasteiger partial charge on any atom is -0.507 e. The number of unbranched alkanes of at least 4 members (excludes halogenated alkanes) is 2. The van der Waals surface area contributed by atoms with E-state index in [1.54, 1.807) is 0 Å². The topological polar surface area (TPSA) is 20.2 Å². The molecule has 0 fully saturated rings. The molecule has 0 heterocycles. The lowest BCUT2D eigenvalue weighted by atomic mass is 9.78. The number of hydrogen-bond acceptors (Lipinski definition) is 1. The molecule has 0 amide bonds. The summed E-state index contributed by atoms with van der Waals surface area (Å²) in [6, 6.07) is 4.30. The Morgan fingerprint density at radius 2 is 1.74 bits per heavy atom. The van der Waals surface area contributed by atoms with Crippen LogP contribution in [0, 0.1) is 6.92 Å². The van der Waals surface area contributed by atoms with Crippen molar-refractivity contribution in [3.8, 4) is 5.75 Å². The summed E-state index contributed by atoms with van der Waals surface area (Å²) >= 11 is 0. The lowest BCUT2D eigenvalue weighted by Gasteiger charge is -2.28. The van der Waals surface area contributed by atoms with Gasteiger partial charge >= 0.3 is 0 Å². The highest BCUT2D eigenvalue weighted by Crippen LogP contribution is 2.38. The van der Waals surface area contributed by atoms with E-state index in [0.29, 0.717) is 5.75 Å². The van der Waals surface area contributed by atoms with Crippen molar-refractivity contribution in [2.45, 2.75) is 78.6 Å². The fraction of sp³-hybridized carbons (Fsp3) is 0.667. The van der Waals surface area contributed by atoms with Crippen molar-refractivity contribution in [3.63, 3.8) is 0 Å². The molecule has 1 N–H and O–H groups in total. The molecule has 0 radical (unpaired) electrons. The normalized spacial score (nSPS) is 11.8. The van der Waals surface area contributed by atoms with Crippen molar-refractivity contribution < 1.29 is 5.11 Å². The second-order valence-electron chi connectivity index (χ2n) is 6.41. The maximum atomic E-state index is 10.5. The highest BCUT2D eigenvalue weighted by molar-refractivity contribution is 5.47. The highest BCUT2D eigenvalue weighted by Gasteiger charge is 2.25. The summed E-state index contributed by atoms with van der Waals surface area (Å²) in [5, 5.41) is 10.5. The van der Waals surface area contributed by atoms with Crippen molar-refractivity contribution in [1.29, 1.82) is 0 Å².